The average Bonchev–Trinajstić information content (AvgIpc) is 2.02. The number of hydrogen-bond acceptors (Lipinski definition) is 4. The first-order valence-electron chi connectivity index (χ1n) is 3.34. The summed E-state index contributed by atoms with van der Waals surface area (Å²) >= 11 is 3.15. The number of hydrogen-bond donors (Lipinski definition) is 0. The van der Waals surface area contributed by atoms with E-state index in [4.69, 9.17) is 4.74 Å². The molecule has 0 aliphatic heterocycles. The Morgan fingerprint density at radius 1 is 1.54 bits per heavy atom. The van der Waals surface area contributed by atoms with Gasteiger partial charge in [0.25, 0.3) is 0 Å². The first-order valence-corrected chi connectivity index (χ1v) is 6.03. The lowest BCUT2D eigenvalue weighted by molar-refractivity contribution is 0.394. The van der Waals surface area contributed by atoms with Gasteiger partial charge in [-0.2, -0.15) is 0 Å². The van der Waals surface area contributed by atoms with Crippen molar-refractivity contribution in [2.24, 2.45) is 0 Å². The summed E-state index contributed by atoms with van der Waals surface area (Å²) in [4.78, 5) is 3.98. The summed E-state index contributed by atoms with van der Waals surface area (Å²) < 4.78 is 27.6. The second kappa shape index (κ2) is 3.63. The average molecular weight is 266 g/mol. The van der Waals surface area contributed by atoms with Gasteiger partial charge in [0.05, 0.1) is 16.5 Å². The highest BCUT2D eigenvalue weighted by Gasteiger charge is 2.10. The predicted octanol–water partition coefficient (Wildman–Crippen LogP) is 1.26. The van der Waals surface area contributed by atoms with E-state index in [0.29, 0.717) is 10.4 Å². The van der Waals surface area contributed by atoms with Crippen molar-refractivity contribution in [2.75, 3.05) is 13.4 Å². The molecule has 0 spiro atoms. The molecular formula is C7H8BrNO3S. The molecule has 0 aliphatic rings. The van der Waals surface area contributed by atoms with Gasteiger partial charge >= 0.3 is 0 Å². The van der Waals surface area contributed by atoms with Crippen LogP contribution >= 0.6 is 15.9 Å². The molecule has 0 bridgehead atoms. The van der Waals surface area contributed by atoms with Gasteiger partial charge in [0.1, 0.15) is 0 Å². The van der Waals surface area contributed by atoms with E-state index in [2.05, 4.69) is 20.9 Å². The van der Waals surface area contributed by atoms with Crippen molar-refractivity contribution < 1.29 is 13.2 Å². The number of sulfone groups is 1. The topological polar surface area (TPSA) is 56.3 Å². The highest BCUT2D eigenvalue weighted by molar-refractivity contribution is 9.10. The zero-order chi connectivity index (χ0) is 10.1. The molecule has 0 N–H and O–H groups in total. The molecule has 0 radical (unpaired) electrons. The van der Waals surface area contributed by atoms with Gasteiger partial charge in [-0.25, -0.2) is 13.4 Å². The standard InChI is InChI=1S/C7H8BrNO3S/c1-12-7-6(8)3-5(4-9-7)13(2,10)11/h3-4H,1-2H3. The summed E-state index contributed by atoms with van der Waals surface area (Å²) in [5.41, 5.74) is 0. The van der Waals surface area contributed by atoms with E-state index in [-0.39, 0.29) is 4.90 Å². The summed E-state index contributed by atoms with van der Waals surface area (Å²) in [6.07, 6.45) is 2.39. The van der Waals surface area contributed by atoms with E-state index < -0.39 is 9.84 Å². The third-order valence-corrected chi connectivity index (χ3v) is 3.05. The summed E-state index contributed by atoms with van der Waals surface area (Å²) in [6.45, 7) is 0. The van der Waals surface area contributed by atoms with Gasteiger partial charge in [0.2, 0.25) is 5.88 Å². The Hall–Kier alpha value is -0.620. The molecule has 0 aliphatic carbocycles. The van der Waals surface area contributed by atoms with Crippen LogP contribution in [0.1, 0.15) is 0 Å². The van der Waals surface area contributed by atoms with Crippen molar-refractivity contribution in [2.45, 2.75) is 4.90 Å². The Morgan fingerprint density at radius 3 is 2.54 bits per heavy atom. The second-order valence-corrected chi connectivity index (χ2v) is 5.30. The fourth-order valence-electron chi connectivity index (χ4n) is 0.761. The van der Waals surface area contributed by atoms with Crippen LogP contribution in [-0.2, 0) is 9.84 Å². The minimum absolute atomic E-state index is 0.167. The minimum Gasteiger partial charge on any atom is -0.480 e. The van der Waals surface area contributed by atoms with Gasteiger partial charge in [-0.15, -0.1) is 0 Å². The van der Waals surface area contributed by atoms with Crippen LogP contribution in [-0.4, -0.2) is 26.8 Å². The highest BCUT2D eigenvalue weighted by atomic mass is 79.9. The summed E-state index contributed by atoms with van der Waals surface area (Å²) in [6, 6.07) is 1.46. The fraction of sp³-hybridized carbons (Fsp3) is 0.286. The molecule has 0 unspecified atom stereocenters. The quantitative estimate of drug-likeness (QED) is 0.808. The van der Waals surface area contributed by atoms with Crippen molar-refractivity contribution in [3.05, 3.63) is 16.7 Å². The highest BCUT2D eigenvalue weighted by Crippen LogP contribution is 2.24. The first kappa shape index (κ1) is 10.5. The number of nitrogens with zero attached hydrogens (tertiary/aromatic N) is 1. The van der Waals surface area contributed by atoms with Gasteiger partial charge in [0.15, 0.2) is 9.84 Å². The third-order valence-electron chi connectivity index (χ3n) is 1.40. The predicted molar refractivity (Wildman–Crippen MR) is 51.6 cm³/mol. The molecule has 4 nitrogen and oxygen atoms in total. The Labute approximate surface area is 85.0 Å². The molecule has 0 fully saturated rings. The van der Waals surface area contributed by atoms with Crippen molar-refractivity contribution in [1.29, 1.82) is 0 Å². The molecule has 1 aromatic heterocycles. The minimum atomic E-state index is -3.20. The second-order valence-electron chi connectivity index (χ2n) is 2.43. The van der Waals surface area contributed by atoms with Gasteiger partial charge in [-0.3, -0.25) is 0 Å². The zero-order valence-corrected chi connectivity index (χ0v) is 9.52. The Morgan fingerprint density at radius 2 is 2.15 bits per heavy atom. The fourth-order valence-corrected chi connectivity index (χ4v) is 2.00. The van der Waals surface area contributed by atoms with Crippen LogP contribution in [0.15, 0.2) is 21.6 Å². The van der Waals surface area contributed by atoms with Crippen molar-refractivity contribution in [3.63, 3.8) is 0 Å². The summed E-state index contributed by atoms with van der Waals surface area (Å²) in [7, 11) is -1.73. The van der Waals surface area contributed by atoms with Crippen molar-refractivity contribution >= 4 is 25.8 Å². The van der Waals surface area contributed by atoms with E-state index in [1.165, 1.54) is 19.4 Å². The van der Waals surface area contributed by atoms with Crippen LogP contribution in [0.25, 0.3) is 0 Å². The molecule has 1 heterocycles. The van der Waals surface area contributed by atoms with Crippen molar-refractivity contribution in [1.82, 2.24) is 4.98 Å². The Kier molecular flexibility index (Phi) is 2.92. The zero-order valence-electron chi connectivity index (χ0n) is 7.11. The van der Waals surface area contributed by atoms with Gasteiger partial charge in [0, 0.05) is 12.5 Å². The molecule has 1 rings (SSSR count). The lowest BCUT2D eigenvalue weighted by Crippen LogP contribution is -1.99. The monoisotopic (exact) mass is 265 g/mol. The number of halogens is 1. The molecule has 13 heavy (non-hydrogen) atoms. The third kappa shape index (κ3) is 2.41. The van der Waals surface area contributed by atoms with Crippen LogP contribution in [0.4, 0.5) is 0 Å². The first-order chi connectivity index (χ1) is 5.95. The van der Waals surface area contributed by atoms with E-state index >= 15 is 0 Å². The summed E-state index contributed by atoms with van der Waals surface area (Å²) in [5.74, 6) is 0.368. The SMILES string of the molecule is COc1ncc(S(C)(=O)=O)cc1Br. The molecule has 0 saturated carbocycles. The lowest BCUT2D eigenvalue weighted by atomic mass is 10.5. The number of rotatable bonds is 2. The van der Waals surface area contributed by atoms with Crippen molar-refractivity contribution in [3.8, 4) is 5.88 Å². The van der Waals surface area contributed by atoms with E-state index in [9.17, 15) is 8.42 Å². The maximum Gasteiger partial charge on any atom is 0.227 e. The van der Waals surface area contributed by atoms with E-state index in [1.54, 1.807) is 0 Å². The smallest absolute Gasteiger partial charge is 0.227 e. The van der Waals surface area contributed by atoms with Crippen LogP contribution in [0.2, 0.25) is 0 Å². The van der Waals surface area contributed by atoms with Crippen LogP contribution < -0.4 is 4.74 Å². The lowest BCUT2D eigenvalue weighted by Gasteiger charge is -2.02. The van der Waals surface area contributed by atoms with Crippen LogP contribution in [0, 0.1) is 0 Å². The normalized spacial score (nSPS) is 11.3. The molecule has 1 aromatic rings. The molecule has 6 heteroatoms. The largest absolute Gasteiger partial charge is 0.480 e. The molecule has 0 saturated heterocycles. The number of ether oxygens (including phenoxy) is 1. The maximum atomic E-state index is 11.1. The van der Waals surface area contributed by atoms with E-state index in [0.717, 1.165) is 6.26 Å². The van der Waals surface area contributed by atoms with Gasteiger partial charge in [-0.1, -0.05) is 0 Å². The van der Waals surface area contributed by atoms with Crippen LogP contribution in [0.3, 0.4) is 0 Å². The van der Waals surface area contributed by atoms with Gasteiger partial charge in [-0.05, 0) is 22.0 Å². The number of aromatic nitrogens is 1. The van der Waals surface area contributed by atoms with Crippen LogP contribution in [0.5, 0.6) is 5.88 Å². The van der Waals surface area contributed by atoms with Gasteiger partial charge < -0.3 is 4.74 Å². The Balaban J connectivity index is 3.26. The molecule has 0 amide bonds. The summed E-state index contributed by atoms with van der Waals surface area (Å²) in [5, 5.41) is 0. The number of methoxy groups -OCH3 is 1. The number of pyridine rings is 1. The Bertz CT molecular complexity index is 416. The molecule has 0 atom stereocenters. The molecule has 0 aromatic carbocycles. The van der Waals surface area contributed by atoms with E-state index in [1.807, 2.05) is 0 Å². The molecule has 72 valence electrons. The molecular weight excluding hydrogens is 258 g/mol. The maximum absolute atomic E-state index is 11.1.